The van der Waals surface area contributed by atoms with Crippen LogP contribution in [0.2, 0.25) is 0 Å². The van der Waals surface area contributed by atoms with E-state index in [9.17, 15) is 19.1 Å². The van der Waals surface area contributed by atoms with Gasteiger partial charge in [-0.25, -0.2) is 9.18 Å². The van der Waals surface area contributed by atoms with Gasteiger partial charge < -0.3 is 15.7 Å². The van der Waals surface area contributed by atoms with Crippen LogP contribution in [0.1, 0.15) is 24.1 Å². The minimum absolute atomic E-state index is 0.120. The van der Waals surface area contributed by atoms with Gasteiger partial charge >= 0.3 is 6.03 Å². The van der Waals surface area contributed by atoms with Crippen LogP contribution < -0.4 is 15.5 Å². The molecule has 1 saturated heterocycles. The molecule has 3 rings (SSSR count). The van der Waals surface area contributed by atoms with Crippen molar-refractivity contribution < 1.29 is 19.1 Å². The van der Waals surface area contributed by atoms with Crippen molar-refractivity contribution in [1.29, 1.82) is 0 Å². The molecule has 136 valence electrons. The average Bonchev–Trinajstić information content (AvgIpc) is 3.04. The normalized spacial score (nSPS) is 14.8. The first kappa shape index (κ1) is 17.7. The maximum absolute atomic E-state index is 13.4. The van der Waals surface area contributed by atoms with Gasteiger partial charge in [0.2, 0.25) is 5.91 Å². The molecule has 1 fully saturated rings. The first-order valence-corrected chi connectivity index (χ1v) is 8.36. The van der Waals surface area contributed by atoms with Crippen molar-refractivity contribution in [2.75, 3.05) is 18.0 Å². The van der Waals surface area contributed by atoms with Gasteiger partial charge in [-0.1, -0.05) is 18.2 Å². The molecule has 1 aliphatic heterocycles. The van der Waals surface area contributed by atoms with Crippen molar-refractivity contribution in [3.05, 3.63) is 59.4 Å². The van der Waals surface area contributed by atoms with Crippen LogP contribution in [0.25, 0.3) is 0 Å². The number of amides is 3. The second-order valence-electron chi connectivity index (χ2n) is 6.23. The Balaban J connectivity index is 1.59. The Kier molecular flexibility index (Phi) is 5.06. The summed E-state index contributed by atoms with van der Waals surface area (Å²) in [4.78, 5) is 25.5. The lowest BCUT2D eigenvalue weighted by Crippen LogP contribution is -2.28. The van der Waals surface area contributed by atoms with Gasteiger partial charge in [0.15, 0.2) is 11.6 Å². The van der Waals surface area contributed by atoms with Crippen LogP contribution in [0.5, 0.6) is 5.75 Å². The summed E-state index contributed by atoms with van der Waals surface area (Å²) >= 11 is 0. The van der Waals surface area contributed by atoms with E-state index < -0.39 is 11.6 Å². The van der Waals surface area contributed by atoms with Gasteiger partial charge in [0.05, 0.1) is 12.5 Å². The van der Waals surface area contributed by atoms with Crippen molar-refractivity contribution in [3.8, 4) is 5.75 Å². The summed E-state index contributed by atoms with van der Waals surface area (Å²) in [5.41, 5.74) is 2.18. The van der Waals surface area contributed by atoms with Crippen LogP contribution in [0.3, 0.4) is 0 Å². The van der Waals surface area contributed by atoms with E-state index in [1.165, 1.54) is 12.1 Å². The number of hydrogen-bond donors (Lipinski definition) is 3. The highest BCUT2D eigenvalue weighted by atomic mass is 19.1. The summed E-state index contributed by atoms with van der Waals surface area (Å²) < 4.78 is 13.4. The number of aromatic hydroxyl groups is 1. The number of nitrogens with one attached hydrogen (secondary N) is 2. The molecule has 0 radical (unpaired) electrons. The monoisotopic (exact) mass is 357 g/mol. The molecule has 1 atom stereocenters. The summed E-state index contributed by atoms with van der Waals surface area (Å²) in [6.07, 6.45) is 0.178. The van der Waals surface area contributed by atoms with Gasteiger partial charge in [-0.15, -0.1) is 0 Å². The van der Waals surface area contributed by atoms with Gasteiger partial charge in [0.1, 0.15) is 0 Å². The van der Waals surface area contributed by atoms with Crippen molar-refractivity contribution in [1.82, 2.24) is 10.6 Å². The Hall–Kier alpha value is -3.09. The van der Waals surface area contributed by atoms with E-state index in [2.05, 4.69) is 10.6 Å². The number of urea groups is 1. The number of nitrogens with zero attached hydrogens (tertiary/aromatic N) is 1. The molecule has 2 aromatic carbocycles. The van der Waals surface area contributed by atoms with Crippen molar-refractivity contribution in [2.24, 2.45) is 0 Å². The van der Waals surface area contributed by atoms with Gasteiger partial charge in [-0.05, 0) is 42.3 Å². The van der Waals surface area contributed by atoms with Gasteiger partial charge in [-0.2, -0.15) is 0 Å². The number of benzene rings is 2. The molecule has 6 nitrogen and oxygen atoms in total. The summed E-state index contributed by atoms with van der Waals surface area (Å²) in [6.45, 7) is 3.00. The number of hydrogen-bond acceptors (Lipinski definition) is 3. The largest absolute Gasteiger partial charge is 0.505 e. The fourth-order valence-corrected chi connectivity index (χ4v) is 2.87. The summed E-state index contributed by atoms with van der Waals surface area (Å²) in [5.74, 6) is -1.33. The molecule has 2 aromatic rings. The zero-order valence-electron chi connectivity index (χ0n) is 14.3. The van der Waals surface area contributed by atoms with E-state index in [1.54, 1.807) is 17.9 Å². The lowest BCUT2D eigenvalue weighted by atomic mass is 10.1. The number of halogens is 1. The van der Waals surface area contributed by atoms with Crippen LogP contribution >= 0.6 is 0 Å². The third-order valence-electron chi connectivity index (χ3n) is 4.32. The molecule has 3 N–H and O–H groups in total. The number of rotatable bonds is 5. The third kappa shape index (κ3) is 3.93. The molecular formula is C19H20FN3O3. The lowest BCUT2D eigenvalue weighted by molar-refractivity contribution is -0.121. The van der Waals surface area contributed by atoms with E-state index in [0.29, 0.717) is 18.7 Å². The number of carbonyl (C=O) groups is 2. The summed E-state index contributed by atoms with van der Waals surface area (Å²) in [6, 6.07) is 10.8. The molecule has 0 bridgehead atoms. The smallest absolute Gasteiger partial charge is 0.321 e. The maximum atomic E-state index is 13.4. The second-order valence-corrected chi connectivity index (χ2v) is 6.23. The van der Waals surface area contributed by atoms with Gasteiger partial charge in [-0.3, -0.25) is 9.69 Å². The highest BCUT2D eigenvalue weighted by Crippen LogP contribution is 2.21. The Morgan fingerprint density at radius 1 is 1.31 bits per heavy atom. The van der Waals surface area contributed by atoms with E-state index in [0.717, 1.165) is 11.3 Å². The molecular weight excluding hydrogens is 337 g/mol. The van der Waals surface area contributed by atoms with Crippen LogP contribution in [0, 0.1) is 5.82 Å². The number of phenols is 1. The Morgan fingerprint density at radius 3 is 2.65 bits per heavy atom. The molecule has 7 heteroatoms. The molecule has 0 aliphatic carbocycles. The Bertz CT molecular complexity index is 823. The van der Waals surface area contributed by atoms with Gasteiger partial charge in [0, 0.05) is 18.8 Å². The fraction of sp³-hybridized carbons (Fsp3) is 0.263. The molecule has 1 aliphatic rings. The number of anilines is 1. The third-order valence-corrected chi connectivity index (χ3v) is 4.32. The number of carbonyl (C=O) groups excluding carboxylic acids is 2. The zero-order chi connectivity index (χ0) is 18.7. The van der Waals surface area contributed by atoms with Gasteiger partial charge in [0.25, 0.3) is 0 Å². The minimum atomic E-state index is -0.717. The molecule has 0 saturated carbocycles. The van der Waals surface area contributed by atoms with Crippen LogP contribution in [0.15, 0.2) is 42.5 Å². The van der Waals surface area contributed by atoms with Crippen molar-refractivity contribution in [3.63, 3.8) is 0 Å². The number of phenolic OH excluding ortho intramolecular Hbond substituents is 1. The SMILES string of the molecule is C[C@@H](NC(=O)Cc1ccc(N2CCNC2=O)cc1)c1ccc(O)c(F)c1. The highest BCUT2D eigenvalue weighted by molar-refractivity contribution is 5.94. The first-order chi connectivity index (χ1) is 12.4. The molecule has 0 aromatic heterocycles. The fourth-order valence-electron chi connectivity index (χ4n) is 2.87. The van der Waals surface area contributed by atoms with Crippen LogP contribution in [-0.2, 0) is 11.2 Å². The van der Waals surface area contributed by atoms with E-state index >= 15 is 0 Å². The van der Waals surface area contributed by atoms with E-state index in [1.807, 2.05) is 24.3 Å². The van der Waals surface area contributed by atoms with Crippen molar-refractivity contribution >= 4 is 17.6 Å². The quantitative estimate of drug-likeness (QED) is 0.769. The lowest BCUT2D eigenvalue weighted by Gasteiger charge is -2.16. The standard InChI is InChI=1S/C19H20FN3O3/c1-12(14-4-7-17(24)16(20)11-14)22-18(25)10-13-2-5-15(6-3-13)23-9-8-21-19(23)26/h2-7,11-12,24H,8-10H2,1H3,(H,21,26)(H,22,25)/t12-/m1/s1. The predicted molar refractivity (Wildman–Crippen MR) is 95.5 cm³/mol. The zero-order valence-corrected chi connectivity index (χ0v) is 14.3. The predicted octanol–water partition coefficient (Wildman–Crippen LogP) is 2.48. The topological polar surface area (TPSA) is 81.7 Å². The Labute approximate surface area is 150 Å². The van der Waals surface area contributed by atoms with Crippen LogP contribution in [0.4, 0.5) is 14.9 Å². The summed E-state index contributed by atoms with van der Waals surface area (Å²) in [5, 5.41) is 14.8. The molecule has 1 heterocycles. The molecule has 0 unspecified atom stereocenters. The van der Waals surface area contributed by atoms with Crippen LogP contribution in [-0.4, -0.2) is 30.1 Å². The minimum Gasteiger partial charge on any atom is -0.505 e. The van der Waals surface area contributed by atoms with E-state index in [-0.39, 0.29) is 24.4 Å². The highest BCUT2D eigenvalue weighted by Gasteiger charge is 2.21. The first-order valence-electron chi connectivity index (χ1n) is 8.36. The maximum Gasteiger partial charge on any atom is 0.321 e. The molecule has 3 amide bonds. The Morgan fingerprint density at radius 2 is 2.04 bits per heavy atom. The van der Waals surface area contributed by atoms with Crippen molar-refractivity contribution in [2.45, 2.75) is 19.4 Å². The average molecular weight is 357 g/mol. The molecule has 26 heavy (non-hydrogen) atoms. The summed E-state index contributed by atoms with van der Waals surface area (Å²) in [7, 11) is 0. The molecule has 0 spiro atoms. The second kappa shape index (κ2) is 7.43. The van der Waals surface area contributed by atoms with E-state index in [4.69, 9.17) is 0 Å².